The summed E-state index contributed by atoms with van der Waals surface area (Å²) in [5.74, 6) is 0.705. The van der Waals surface area contributed by atoms with E-state index in [4.69, 9.17) is 0 Å². The summed E-state index contributed by atoms with van der Waals surface area (Å²) >= 11 is 1.54. The van der Waals surface area contributed by atoms with Crippen LogP contribution in [0, 0.1) is 5.92 Å². The highest BCUT2D eigenvalue weighted by Gasteiger charge is 2.22. The molecule has 3 nitrogen and oxygen atoms in total. The van der Waals surface area contributed by atoms with Gasteiger partial charge in [0.05, 0.1) is 9.88 Å². The normalized spacial score (nSPS) is 21.9. The Hall–Kier alpha value is -0.740. The lowest BCUT2D eigenvalue weighted by Crippen LogP contribution is -2.40. The Morgan fingerprint density at radius 2 is 2.47 bits per heavy atom. The van der Waals surface area contributed by atoms with Crippen molar-refractivity contribution in [3.63, 3.8) is 0 Å². The fraction of sp³-hybridized carbons (Fsp3) is 0.692. The van der Waals surface area contributed by atoms with Crippen LogP contribution in [0.25, 0.3) is 0 Å². The molecule has 2 heterocycles. The maximum Gasteiger partial charge on any atom is 0.161 e. The van der Waals surface area contributed by atoms with Gasteiger partial charge in [0.1, 0.15) is 0 Å². The van der Waals surface area contributed by atoms with Gasteiger partial charge in [-0.3, -0.25) is 4.79 Å². The molecule has 0 saturated carbocycles. The van der Waals surface area contributed by atoms with Gasteiger partial charge in [-0.25, -0.2) is 4.98 Å². The zero-order valence-electron chi connectivity index (χ0n) is 10.6. The third-order valence-corrected chi connectivity index (χ3v) is 4.38. The summed E-state index contributed by atoms with van der Waals surface area (Å²) in [6.07, 6.45) is 6.19. The van der Waals surface area contributed by atoms with Crippen molar-refractivity contribution in [2.45, 2.75) is 39.2 Å². The number of aldehydes is 1. The van der Waals surface area contributed by atoms with Gasteiger partial charge in [0.15, 0.2) is 6.29 Å². The fourth-order valence-electron chi connectivity index (χ4n) is 2.45. The minimum Gasteiger partial charge on any atom is -0.301 e. The second kappa shape index (κ2) is 5.74. The first kappa shape index (κ1) is 12.7. The molecular formula is C13H20N2OS. The van der Waals surface area contributed by atoms with E-state index in [9.17, 15) is 4.79 Å². The molecule has 1 unspecified atom stereocenters. The minimum absolute atomic E-state index is 0.639. The summed E-state index contributed by atoms with van der Waals surface area (Å²) in [6.45, 7) is 6.92. The Labute approximate surface area is 107 Å². The summed E-state index contributed by atoms with van der Waals surface area (Å²) < 4.78 is 0. The van der Waals surface area contributed by atoms with E-state index in [1.54, 1.807) is 6.20 Å². The van der Waals surface area contributed by atoms with Crippen molar-refractivity contribution >= 4 is 17.6 Å². The van der Waals surface area contributed by atoms with Crippen LogP contribution in [0.5, 0.6) is 0 Å². The molecule has 0 aliphatic carbocycles. The van der Waals surface area contributed by atoms with Crippen LogP contribution in [0.15, 0.2) is 6.20 Å². The summed E-state index contributed by atoms with van der Waals surface area (Å²) in [6, 6.07) is 0.639. The van der Waals surface area contributed by atoms with Gasteiger partial charge in [0.2, 0.25) is 0 Å². The number of piperidine rings is 1. The van der Waals surface area contributed by atoms with Gasteiger partial charge in [0, 0.05) is 25.2 Å². The lowest BCUT2D eigenvalue weighted by molar-refractivity contribution is 0.112. The van der Waals surface area contributed by atoms with Crippen molar-refractivity contribution < 1.29 is 4.79 Å². The number of likely N-dealkylation sites (tertiary alicyclic amines) is 1. The number of hydrogen-bond acceptors (Lipinski definition) is 4. The average Bonchev–Trinajstić information content (AvgIpc) is 2.77. The fourth-order valence-corrected chi connectivity index (χ4v) is 3.30. The topological polar surface area (TPSA) is 33.2 Å². The number of carbonyl (C=O) groups is 1. The third-order valence-electron chi connectivity index (χ3n) is 3.43. The van der Waals surface area contributed by atoms with Crippen LogP contribution in [0.1, 0.15) is 41.4 Å². The second-order valence-electron chi connectivity index (χ2n) is 5.08. The predicted octanol–water partition coefficient (Wildman–Crippen LogP) is 2.62. The van der Waals surface area contributed by atoms with Crippen LogP contribution in [-0.4, -0.2) is 35.3 Å². The van der Waals surface area contributed by atoms with Gasteiger partial charge >= 0.3 is 0 Å². The number of carbonyl (C=O) groups excluding carboxylic acids is 1. The zero-order chi connectivity index (χ0) is 12.3. The summed E-state index contributed by atoms with van der Waals surface area (Å²) in [5, 5.41) is 1.11. The van der Waals surface area contributed by atoms with E-state index >= 15 is 0 Å². The molecule has 0 bridgehead atoms. The molecule has 17 heavy (non-hydrogen) atoms. The standard InChI is InChI=1S/C13H20N2OS/c1-10(2)15-5-3-4-11(8-15)6-13-14-7-12(9-16)17-13/h7,9-11H,3-6,8H2,1-2H3. The van der Waals surface area contributed by atoms with Crippen molar-refractivity contribution in [2.75, 3.05) is 13.1 Å². The first-order chi connectivity index (χ1) is 8.19. The van der Waals surface area contributed by atoms with Crippen molar-refractivity contribution in [3.8, 4) is 0 Å². The van der Waals surface area contributed by atoms with Gasteiger partial charge in [-0.1, -0.05) is 0 Å². The Morgan fingerprint density at radius 1 is 1.65 bits per heavy atom. The molecule has 4 heteroatoms. The minimum atomic E-state index is 0.639. The first-order valence-corrected chi connectivity index (χ1v) is 7.14. The van der Waals surface area contributed by atoms with E-state index in [-0.39, 0.29) is 0 Å². The van der Waals surface area contributed by atoms with E-state index in [2.05, 4.69) is 23.7 Å². The number of rotatable bonds is 4. The Morgan fingerprint density at radius 3 is 3.12 bits per heavy atom. The van der Waals surface area contributed by atoms with Gasteiger partial charge in [-0.05, 0) is 39.2 Å². The van der Waals surface area contributed by atoms with E-state index in [0.717, 1.165) is 22.6 Å². The molecule has 0 aromatic carbocycles. The smallest absolute Gasteiger partial charge is 0.161 e. The highest BCUT2D eigenvalue weighted by atomic mass is 32.1. The molecule has 1 fully saturated rings. The molecule has 2 rings (SSSR count). The quantitative estimate of drug-likeness (QED) is 0.772. The molecule has 0 spiro atoms. The summed E-state index contributed by atoms with van der Waals surface area (Å²) in [5.41, 5.74) is 0. The number of thiazole rings is 1. The molecule has 0 amide bonds. The van der Waals surface area contributed by atoms with E-state index < -0.39 is 0 Å². The number of hydrogen-bond donors (Lipinski definition) is 0. The van der Waals surface area contributed by atoms with Gasteiger partial charge in [-0.2, -0.15) is 0 Å². The molecule has 1 aliphatic rings. The molecular weight excluding hydrogens is 232 g/mol. The Kier molecular flexibility index (Phi) is 4.29. The van der Waals surface area contributed by atoms with Crippen LogP contribution < -0.4 is 0 Å². The molecule has 94 valence electrons. The molecule has 0 radical (unpaired) electrons. The molecule has 1 atom stereocenters. The van der Waals surface area contributed by atoms with E-state index in [1.807, 2.05) is 0 Å². The second-order valence-corrected chi connectivity index (χ2v) is 6.22. The van der Waals surface area contributed by atoms with Crippen molar-refractivity contribution in [3.05, 3.63) is 16.1 Å². The van der Waals surface area contributed by atoms with Crippen LogP contribution in [0.4, 0.5) is 0 Å². The Balaban J connectivity index is 1.92. The SMILES string of the molecule is CC(C)N1CCCC(Cc2ncc(C=O)s2)C1. The maximum atomic E-state index is 10.6. The van der Waals surface area contributed by atoms with E-state index in [1.165, 1.54) is 37.3 Å². The predicted molar refractivity (Wildman–Crippen MR) is 70.6 cm³/mol. The highest BCUT2D eigenvalue weighted by Crippen LogP contribution is 2.23. The number of nitrogens with zero attached hydrogens (tertiary/aromatic N) is 2. The van der Waals surface area contributed by atoms with Crippen molar-refractivity contribution in [1.29, 1.82) is 0 Å². The third kappa shape index (κ3) is 3.36. The average molecular weight is 252 g/mol. The monoisotopic (exact) mass is 252 g/mol. The molecule has 0 N–H and O–H groups in total. The number of aromatic nitrogens is 1. The van der Waals surface area contributed by atoms with Crippen molar-refractivity contribution in [2.24, 2.45) is 5.92 Å². The van der Waals surface area contributed by atoms with Crippen LogP contribution in [-0.2, 0) is 6.42 Å². The first-order valence-electron chi connectivity index (χ1n) is 6.33. The molecule has 1 aliphatic heterocycles. The van der Waals surface area contributed by atoms with Gasteiger partial charge < -0.3 is 4.90 Å². The van der Waals surface area contributed by atoms with Crippen LogP contribution in [0.2, 0.25) is 0 Å². The zero-order valence-corrected chi connectivity index (χ0v) is 11.4. The largest absolute Gasteiger partial charge is 0.301 e. The summed E-state index contributed by atoms with van der Waals surface area (Å²) in [4.78, 5) is 18.2. The lowest BCUT2D eigenvalue weighted by Gasteiger charge is -2.35. The van der Waals surface area contributed by atoms with E-state index in [0.29, 0.717) is 12.0 Å². The molecule has 1 aromatic rings. The van der Waals surface area contributed by atoms with Gasteiger partial charge in [-0.15, -0.1) is 11.3 Å². The lowest BCUT2D eigenvalue weighted by atomic mass is 9.94. The van der Waals surface area contributed by atoms with Crippen LogP contribution >= 0.6 is 11.3 Å². The highest BCUT2D eigenvalue weighted by molar-refractivity contribution is 7.13. The molecule has 1 aromatic heterocycles. The van der Waals surface area contributed by atoms with Crippen molar-refractivity contribution in [1.82, 2.24) is 9.88 Å². The summed E-state index contributed by atoms with van der Waals surface area (Å²) in [7, 11) is 0. The van der Waals surface area contributed by atoms with Crippen LogP contribution in [0.3, 0.4) is 0 Å². The maximum absolute atomic E-state index is 10.6. The Bertz CT molecular complexity index is 375. The molecule has 1 saturated heterocycles. The van der Waals surface area contributed by atoms with Gasteiger partial charge in [0.25, 0.3) is 0 Å².